The van der Waals surface area contributed by atoms with E-state index in [-0.39, 0.29) is 12.4 Å². The van der Waals surface area contributed by atoms with E-state index in [1.54, 1.807) is 0 Å². The van der Waals surface area contributed by atoms with Crippen molar-refractivity contribution < 1.29 is 14.9 Å². The number of halogens is 1. The van der Waals surface area contributed by atoms with Gasteiger partial charge in [-0.05, 0) is 6.07 Å². The summed E-state index contributed by atoms with van der Waals surface area (Å²) >= 11 is 3.20. The van der Waals surface area contributed by atoms with Crippen molar-refractivity contribution in [3.63, 3.8) is 0 Å². The monoisotopic (exact) mass is 305 g/mol. The lowest BCUT2D eigenvalue weighted by atomic mass is 10.1. The molecule has 0 spiro atoms. The van der Waals surface area contributed by atoms with Crippen LogP contribution in [0.1, 0.15) is 6.04 Å². The van der Waals surface area contributed by atoms with Gasteiger partial charge in [0.25, 0.3) is 0 Å². The summed E-state index contributed by atoms with van der Waals surface area (Å²) in [4.78, 5) is 15.2. The van der Waals surface area contributed by atoms with Crippen molar-refractivity contribution in [3.05, 3.63) is 22.7 Å². The van der Waals surface area contributed by atoms with Gasteiger partial charge in [0, 0.05) is 6.20 Å². The topological polar surface area (TPSA) is 111 Å². The molecular formula is C9H12BrN3O4. The number of nitrogen functional groups attached to an aromatic ring is 1. The van der Waals surface area contributed by atoms with Crippen LogP contribution in [-0.2, 0) is 4.74 Å². The SMILES string of the molecule is Nc1ccn(C2C(Br)O[C@H](CO)[C@H]2O)c(=O)n1. The van der Waals surface area contributed by atoms with Crippen LogP contribution in [0.5, 0.6) is 0 Å². The van der Waals surface area contributed by atoms with Crippen LogP contribution >= 0.6 is 15.9 Å². The first-order valence-electron chi connectivity index (χ1n) is 4.97. The summed E-state index contributed by atoms with van der Waals surface area (Å²) < 4.78 is 6.51. The molecule has 0 aromatic carbocycles. The van der Waals surface area contributed by atoms with Gasteiger partial charge < -0.3 is 20.7 Å². The van der Waals surface area contributed by atoms with Crippen LogP contribution in [0.3, 0.4) is 0 Å². The Morgan fingerprint density at radius 1 is 1.65 bits per heavy atom. The van der Waals surface area contributed by atoms with Crippen molar-refractivity contribution >= 4 is 21.7 Å². The van der Waals surface area contributed by atoms with E-state index in [0.717, 1.165) is 0 Å². The molecule has 2 unspecified atom stereocenters. The molecule has 4 N–H and O–H groups in total. The zero-order valence-electron chi connectivity index (χ0n) is 8.73. The minimum Gasteiger partial charge on any atom is -0.394 e. The summed E-state index contributed by atoms with van der Waals surface area (Å²) in [5.41, 5.74) is 4.81. The lowest BCUT2D eigenvalue weighted by Gasteiger charge is -2.19. The molecule has 0 aliphatic carbocycles. The Labute approximate surface area is 105 Å². The normalized spacial score (nSPS) is 32.9. The first-order chi connectivity index (χ1) is 8.04. The minimum absolute atomic E-state index is 0.115. The third-order valence-corrected chi connectivity index (χ3v) is 3.41. The maximum Gasteiger partial charge on any atom is 0.349 e. The van der Waals surface area contributed by atoms with E-state index in [4.69, 9.17) is 15.6 Å². The quantitative estimate of drug-likeness (QED) is 0.594. The van der Waals surface area contributed by atoms with E-state index >= 15 is 0 Å². The third-order valence-electron chi connectivity index (χ3n) is 2.66. The van der Waals surface area contributed by atoms with Crippen LogP contribution in [-0.4, -0.2) is 43.6 Å². The molecule has 8 heteroatoms. The fourth-order valence-electron chi connectivity index (χ4n) is 1.80. The lowest BCUT2D eigenvalue weighted by Crippen LogP contribution is -2.37. The molecule has 1 aromatic heterocycles. The molecular weight excluding hydrogens is 294 g/mol. The summed E-state index contributed by atoms with van der Waals surface area (Å²) in [5, 5.41) is 18.4. The van der Waals surface area contributed by atoms with E-state index in [1.165, 1.54) is 16.8 Å². The number of anilines is 1. The van der Waals surface area contributed by atoms with E-state index in [1.807, 2.05) is 0 Å². The number of hydrogen-bond acceptors (Lipinski definition) is 6. The largest absolute Gasteiger partial charge is 0.394 e. The van der Waals surface area contributed by atoms with Crippen LogP contribution < -0.4 is 11.4 Å². The molecule has 1 aliphatic heterocycles. The minimum atomic E-state index is -0.993. The van der Waals surface area contributed by atoms with E-state index in [2.05, 4.69) is 20.9 Å². The van der Waals surface area contributed by atoms with Crippen LogP contribution in [0.15, 0.2) is 17.1 Å². The van der Waals surface area contributed by atoms with Gasteiger partial charge in [-0.2, -0.15) is 4.98 Å². The summed E-state index contributed by atoms with van der Waals surface area (Å²) in [5.74, 6) is 0.115. The fourth-order valence-corrected chi connectivity index (χ4v) is 2.64. The number of rotatable bonds is 2. The molecule has 1 aromatic rings. The van der Waals surface area contributed by atoms with Gasteiger partial charge in [0.05, 0.1) is 6.61 Å². The molecule has 94 valence electrons. The molecule has 17 heavy (non-hydrogen) atoms. The Kier molecular flexibility index (Phi) is 3.48. The molecule has 1 aliphatic rings. The number of nitrogens with two attached hydrogens (primary N) is 1. The van der Waals surface area contributed by atoms with Crippen molar-refractivity contribution in [2.45, 2.75) is 23.3 Å². The zero-order valence-corrected chi connectivity index (χ0v) is 10.3. The van der Waals surface area contributed by atoms with Gasteiger partial charge in [0.1, 0.15) is 29.1 Å². The number of alkyl halides is 1. The van der Waals surface area contributed by atoms with E-state index < -0.39 is 29.0 Å². The highest BCUT2D eigenvalue weighted by Gasteiger charge is 2.43. The molecule has 0 radical (unpaired) electrons. The second-order valence-electron chi connectivity index (χ2n) is 3.73. The third kappa shape index (κ3) is 2.21. The van der Waals surface area contributed by atoms with Gasteiger partial charge in [0.15, 0.2) is 0 Å². The van der Waals surface area contributed by atoms with Crippen molar-refractivity contribution in [2.24, 2.45) is 0 Å². The number of aliphatic hydroxyl groups is 2. The maximum atomic E-state index is 11.6. The summed E-state index contributed by atoms with van der Waals surface area (Å²) in [7, 11) is 0. The molecule has 0 amide bonds. The highest BCUT2D eigenvalue weighted by molar-refractivity contribution is 9.09. The highest BCUT2D eigenvalue weighted by atomic mass is 79.9. The molecule has 0 saturated carbocycles. The van der Waals surface area contributed by atoms with Gasteiger partial charge >= 0.3 is 5.69 Å². The number of aliphatic hydroxyl groups excluding tert-OH is 2. The fraction of sp³-hybridized carbons (Fsp3) is 0.556. The molecule has 2 heterocycles. The van der Waals surface area contributed by atoms with Crippen LogP contribution in [0.25, 0.3) is 0 Å². The Hall–Kier alpha value is -0.960. The van der Waals surface area contributed by atoms with Gasteiger partial charge in [-0.15, -0.1) is 0 Å². The second-order valence-corrected chi connectivity index (χ2v) is 4.63. The number of hydrogen-bond donors (Lipinski definition) is 3. The van der Waals surface area contributed by atoms with E-state index in [0.29, 0.717) is 0 Å². The molecule has 4 atom stereocenters. The predicted molar refractivity (Wildman–Crippen MR) is 62.6 cm³/mol. The maximum absolute atomic E-state index is 11.6. The zero-order chi connectivity index (χ0) is 12.6. The Morgan fingerprint density at radius 2 is 2.35 bits per heavy atom. The number of nitrogens with zero attached hydrogens (tertiary/aromatic N) is 2. The van der Waals surface area contributed by atoms with Gasteiger partial charge in [-0.1, -0.05) is 15.9 Å². The first-order valence-corrected chi connectivity index (χ1v) is 5.89. The highest BCUT2D eigenvalue weighted by Crippen LogP contribution is 2.33. The van der Waals surface area contributed by atoms with Gasteiger partial charge in [-0.25, -0.2) is 4.79 Å². The van der Waals surface area contributed by atoms with Gasteiger partial charge in [-0.3, -0.25) is 4.57 Å². The molecule has 2 rings (SSSR count). The van der Waals surface area contributed by atoms with Crippen molar-refractivity contribution in [1.29, 1.82) is 0 Å². The van der Waals surface area contributed by atoms with Crippen molar-refractivity contribution in [1.82, 2.24) is 9.55 Å². The molecule has 7 nitrogen and oxygen atoms in total. The van der Waals surface area contributed by atoms with Crippen LogP contribution in [0.2, 0.25) is 0 Å². The summed E-state index contributed by atoms with van der Waals surface area (Å²) in [6, 6.07) is 0.813. The van der Waals surface area contributed by atoms with Crippen molar-refractivity contribution in [3.8, 4) is 0 Å². The lowest BCUT2D eigenvalue weighted by molar-refractivity contribution is -0.00252. The number of ether oxygens (including phenoxy) is 1. The van der Waals surface area contributed by atoms with Crippen LogP contribution in [0, 0.1) is 0 Å². The first kappa shape index (κ1) is 12.5. The molecule has 1 saturated heterocycles. The summed E-state index contributed by atoms with van der Waals surface area (Å²) in [6.07, 6.45) is -0.281. The average molecular weight is 306 g/mol. The Morgan fingerprint density at radius 3 is 2.88 bits per heavy atom. The molecule has 1 fully saturated rings. The average Bonchev–Trinajstić information content (AvgIpc) is 2.55. The second kappa shape index (κ2) is 4.73. The van der Waals surface area contributed by atoms with Crippen LogP contribution in [0.4, 0.5) is 5.82 Å². The predicted octanol–water partition coefficient (Wildman–Crippen LogP) is -1.16. The Bertz CT molecular complexity index is 466. The molecule has 0 bridgehead atoms. The van der Waals surface area contributed by atoms with Crippen molar-refractivity contribution in [2.75, 3.05) is 12.3 Å². The standard InChI is InChI=1S/C9H12BrN3O4/c10-8-6(7(15)4(3-14)17-8)13-2-1-5(11)12-9(13)16/h1-2,4,6-8,14-15H,3H2,(H2,11,12,16)/t4-,6?,7-,8?/m1/s1. The van der Waals surface area contributed by atoms with E-state index in [9.17, 15) is 9.90 Å². The smallest absolute Gasteiger partial charge is 0.349 e. The Balaban J connectivity index is 2.36. The van der Waals surface area contributed by atoms with Gasteiger partial charge in [0.2, 0.25) is 0 Å². The summed E-state index contributed by atoms with van der Waals surface area (Å²) in [6.45, 7) is -0.323. The number of aromatic nitrogens is 2.